The topological polar surface area (TPSA) is 148 Å². The van der Waals surface area contributed by atoms with E-state index in [9.17, 15) is 14.7 Å². The number of hydrogen-bond donors (Lipinski definition) is 2. The molecule has 1 unspecified atom stereocenters. The Morgan fingerprint density at radius 1 is 1.18 bits per heavy atom. The van der Waals surface area contributed by atoms with Gasteiger partial charge >= 0.3 is 12.1 Å². The Morgan fingerprint density at radius 2 is 1.73 bits per heavy atom. The second-order valence-electron chi connectivity index (χ2n) is 5.23. The maximum absolute atomic E-state index is 11.5. The molecule has 0 fully saturated rings. The van der Waals surface area contributed by atoms with Gasteiger partial charge in [0, 0.05) is 6.42 Å². The molecular weight excluding hydrogens is 294 g/mol. The van der Waals surface area contributed by atoms with Gasteiger partial charge in [-0.2, -0.15) is 0 Å². The first-order valence-electron chi connectivity index (χ1n) is 6.19. The molecule has 0 bridgehead atoms. The predicted molar refractivity (Wildman–Crippen MR) is 78.8 cm³/mol. The van der Waals surface area contributed by atoms with Crippen molar-refractivity contribution in [3.63, 3.8) is 0 Å². The molecule has 0 aliphatic rings. The first kappa shape index (κ1) is 22.1. The average molecular weight is 317 g/mol. The molecule has 1 atom stereocenters. The van der Waals surface area contributed by atoms with E-state index in [0.717, 1.165) is 5.56 Å². The van der Waals surface area contributed by atoms with Crippen molar-refractivity contribution in [1.82, 2.24) is 5.48 Å². The van der Waals surface area contributed by atoms with Crippen molar-refractivity contribution in [2.45, 2.75) is 38.9 Å². The highest BCUT2D eigenvalue weighted by Crippen LogP contribution is 2.07. The van der Waals surface area contributed by atoms with Crippen molar-refractivity contribution in [1.29, 1.82) is 0 Å². The van der Waals surface area contributed by atoms with E-state index in [-0.39, 0.29) is 17.4 Å². The number of hydroxylamine groups is 1. The Bertz CT molecular complexity index is 456. The first-order valence-corrected chi connectivity index (χ1v) is 6.19. The van der Waals surface area contributed by atoms with E-state index < -0.39 is 23.8 Å². The van der Waals surface area contributed by atoms with Crippen LogP contribution in [0.5, 0.6) is 0 Å². The fraction of sp³-hybridized carbons (Fsp3) is 0.429. The summed E-state index contributed by atoms with van der Waals surface area (Å²) in [4.78, 5) is 27.2. The highest BCUT2D eigenvalue weighted by molar-refractivity contribution is 5.77. The van der Waals surface area contributed by atoms with Crippen molar-refractivity contribution >= 4 is 12.1 Å². The third-order valence-electron chi connectivity index (χ3n) is 2.18. The minimum Gasteiger partial charge on any atom is -0.442 e. The zero-order chi connectivity index (χ0) is 15.2. The van der Waals surface area contributed by atoms with E-state index in [0.29, 0.717) is 0 Å². The van der Waals surface area contributed by atoms with Crippen LogP contribution in [0.25, 0.3) is 0 Å². The molecular formula is C14H23NO7. The molecule has 0 saturated carbocycles. The van der Waals surface area contributed by atoms with Gasteiger partial charge in [0.2, 0.25) is 0 Å². The van der Waals surface area contributed by atoms with E-state index in [1.165, 1.54) is 0 Å². The molecule has 1 aromatic carbocycles. The zero-order valence-electron chi connectivity index (χ0n) is 12.8. The summed E-state index contributed by atoms with van der Waals surface area (Å²) in [6.07, 6.45) is -2.14. The zero-order valence-corrected chi connectivity index (χ0v) is 12.8. The summed E-state index contributed by atoms with van der Waals surface area (Å²) in [6.45, 7) is 5.04. The van der Waals surface area contributed by atoms with Gasteiger partial charge in [-0.3, -0.25) is 0 Å². The second kappa shape index (κ2) is 9.72. The van der Waals surface area contributed by atoms with Gasteiger partial charge in [0.25, 0.3) is 0 Å². The molecule has 0 aliphatic carbocycles. The van der Waals surface area contributed by atoms with Gasteiger partial charge in [0.1, 0.15) is 5.60 Å². The Balaban J connectivity index is 0. The van der Waals surface area contributed by atoms with Crippen LogP contribution in [0.4, 0.5) is 4.79 Å². The van der Waals surface area contributed by atoms with E-state index in [4.69, 9.17) is 4.74 Å². The number of nitrogens with one attached hydrogen (secondary N) is 1. The molecule has 0 aliphatic heterocycles. The number of hydrogen-bond acceptors (Lipinski definition) is 5. The quantitative estimate of drug-likeness (QED) is 0.748. The molecule has 8 heteroatoms. The van der Waals surface area contributed by atoms with Crippen LogP contribution in [-0.4, -0.2) is 39.8 Å². The minimum absolute atomic E-state index is 0. The predicted octanol–water partition coefficient (Wildman–Crippen LogP) is -0.0765. The van der Waals surface area contributed by atoms with E-state index in [2.05, 4.69) is 4.84 Å². The number of carbonyl (C=O) groups is 2. The number of aliphatic hydroxyl groups is 1. The van der Waals surface area contributed by atoms with Crippen LogP contribution in [0.2, 0.25) is 0 Å². The maximum atomic E-state index is 11.5. The fourth-order valence-corrected chi connectivity index (χ4v) is 1.38. The normalized spacial score (nSPS) is 11.3. The minimum atomic E-state index is -1.35. The Morgan fingerprint density at radius 3 is 2.23 bits per heavy atom. The third-order valence-corrected chi connectivity index (χ3v) is 2.18. The lowest BCUT2D eigenvalue weighted by Crippen LogP contribution is -2.37. The maximum Gasteiger partial charge on any atom is 0.441 e. The largest absolute Gasteiger partial charge is 0.442 e. The number of benzene rings is 1. The first-order chi connectivity index (χ1) is 9.28. The van der Waals surface area contributed by atoms with Crippen LogP contribution in [-0.2, 0) is 20.8 Å². The summed E-state index contributed by atoms with van der Waals surface area (Å²) in [5.41, 5.74) is 1.93. The lowest BCUT2D eigenvalue weighted by molar-refractivity contribution is -0.160. The number of rotatable bonds is 3. The molecule has 0 radical (unpaired) electrons. The number of amides is 1. The molecule has 1 aromatic rings. The van der Waals surface area contributed by atoms with Crippen LogP contribution >= 0.6 is 0 Å². The van der Waals surface area contributed by atoms with Gasteiger partial charge in [0.15, 0.2) is 6.10 Å². The van der Waals surface area contributed by atoms with Crippen molar-refractivity contribution < 1.29 is 35.2 Å². The van der Waals surface area contributed by atoms with Crippen LogP contribution in [0.15, 0.2) is 30.3 Å². The Labute approximate surface area is 128 Å². The van der Waals surface area contributed by atoms with Crippen molar-refractivity contribution in [2.75, 3.05) is 0 Å². The van der Waals surface area contributed by atoms with Crippen molar-refractivity contribution in [2.24, 2.45) is 0 Å². The smallest absolute Gasteiger partial charge is 0.441 e. The summed E-state index contributed by atoms with van der Waals surface area (Å²) in [7, 11) is 0. The molecule has 126 valence electrons. The van der Waals surface area contributed by atoms with Gasteiger partial charge in [-0.1, -0.05) is 30.3 Å². The molecule has 8 nitrogen and oxygen atoms in total. The third kappa shape index (κ3) is 8.90. The molecule has 0 heterocycles. The Hall–Kier alpha value is -2.16. The number of carbonyl (C=O) groups excluding carboxylic acids is 2. The van der Waals surface area contributed by atoms with Crippen LogP contribution < -0.4 is 5.48 Å². The molecule has 0 spiro atoms. The second-order valence-corrected chi connectivity index (χ2v) is 5.23. The molecule has 1 rings (SSSR count). The standard InChI is InChI=1S/C14H19NO5.2H2O/c1-14(2,3)19-13(18)15-20-12(17)11(16)9-10-7-5-4-6-8-10;;/h4-8,11,16H,9H2,1-3H3,(H,15,18);2*1H2. The SMILES string of the molecule is CC(C)(C)OC(=O)NOC(=O)C(O)Cc1ccccc1.O.O. The van der Waals surface area contributed by atoms with Crippen LogP contribution in [0.3, 0.4) is 0 Å². The van der Waals surface area contributed by atoms with Gasteiger partial charge in [0.05, 0.1) is 0 Å². The lowest BCUT2D eigenvalue weighted by atomic mass is 10.1. The van der Waals surface area contributed by atoms with Crippen LogP contribution in [0.1, 0.15) is 26.3 Å². The Kier molecular flexibility index (Phi) is 9.77. The van der Waals surface area contributed by atoms with Gasteiger partial charge < -0.3 is 25.6 Å². The van der Waals surface area contributed by atoms with Gasteiger partial charge in [-0.25, -0.2) is 9.59 Å². The highest BCUT2D eigenvalue weighted by Gasteiger charge is 2.21. The van der Waals surface area contributed by atoms with Crippen molar-refractivity contribution in [3.8, 4) is 0 Å². The average Bonchev–Trinajstić information content (AvgIpc) is 2.35. The summed E-state index contributed by atoms with van der Waals surface area (Å²) in [6, 6.07) is 8.98. The molecule has 0 aromatic heterocycles. The highest BCUT2D eigenvalue weighted by atomic mass is 16.7. The fourth-order valence-electron chi connectivity index (χ4n) is 1.38. The molecule has 22 heavy (non-hydrogen) atoms. The molecule has 6 N–H and O–H groups in total. The van der Waals surface area contributed by atoms with E-state index in [1.54, 1.807) is 45.0 Å². The monoisotopic (exact) mass is 317 g/mol. The summed E-state index contributed by atoms with van der Waals surface area (Å²) in [5, 5.41) is 9.65. The van der Waals surface area contributed by atoms with E-state index >= 15 is 0 Å². The van der Waals surface area contributed by atoms with Crippen molar-refractivity contribution in [3.05, 3.63) is 35.9 Å². The summed E-state index contributed by atoms with van der Waals surface area (Å²) >= 11 is 0. The molecule has 0 saturated heterocycles. The van der Waals surface area contributed by atoms with Gasteiger partial charge in [-0.15, -0.1) is 5.48 Å². The van der Waals surface area contributed by atoms with Crippen LogP contribution in [0, 0.1) is 0 Å². The lowest BCUT2D eigenvalue weighted by Gasteiger charge is -2.19. The number of aliphatic hydroxyl groups excluding tert-OH is 1. The summed E-state index contributed by atoms with van der Waals surface area (Å²) in [5.74, 6) is -0.945. The number of ether oxygens (including phenoxy) is 1. The molecule has 1 amide bonds. The van der Waals surface area contributed by atoms with E-state index in [1.807, 2.05) is 11.5 Å². The summed E-state index contributed by atoms with van der Waals surface area (Å²) < 4.78 is 4.88. The van der Waals surface area contributed by atoms with Gasteiger partial charge in [-0.05, 0) is 26.3 Å².